The highest BCUT2D eigenvalue weighted by atomic mass is 35.5. The van der Waals surface area contributed by atoms with Gasteiger partial charge in [-0.25, -0.2) is 0 Å². The minimum atomic E-state index is 0.202. The lowest BCUT2D eigenvalue weighted by Gasteiger charge is -2.23. The molecule has 0 N–H and O–H groups in total. The first-order valence-corrected chi connectivity index (χ1v) is 8.43. The van der Waals surface area contributed by atoms with Crippen molar-refractivity contribution < 1.29 is 0 Å². The van der Waals surface area contributed by atoms with E-state index in [2.05, 4.69) is 31.2 Å². The Balaban J connectivity index is 1.67. The Morgan fingerprint density at radius 2 is 1.58 bits per heavy atom. The van der Waals surface area contributed by atoms with Crippen molar-refractivity contribution in [2.45, 2.75) is 63.2 Å². The van der Waals surface area contributed by atoms with Crippen LogP contribution in [-0.2, 0) is 0 Å². The average molecular weight is 277 g/mol. The first kappa shape index (κ1) is 13.5. The highest BCUT2D eigenvalue weighted by Crippen LogP contribution is 2.45. The van der Waals surface area contributed by atoms with E-state index >= 15 is 0 Å². The second kappa shape index (κ2) is 5.87. The summed E-state index contributed by atoms with van der Waals surface area (Å²) in [5, 5.41) is 0.202. The highest BCUT2D eigenvalue weighted by Gasteiger charge is 2.33. The van der Waals surface area contributed by atoms with E-state index < -0.39 is 0 Å². The Kier molecular flexibility index (Phi) is 4.17. The van der Waals surface area contributed by atoms with Crippen molar-refractivity contribution in [1.29, 1.82) is 0 Å². The molecule has 1 aromatic rings. The molecule has 2 aliphatic rings. The third-order valence-electron chi connectivity index (χ3n) is 5.16. The Hall–Kier alpha value is -0.490. The smallest absolute Gasteiger partial charge is 0.0613 e. The zero-order valence-corrected chi connectivity index (χ0v) is 12.7. The molecule has 0 aromatic heterocycles. The van der Waals surface area contributed by atoms with Gasteiger partial charge >= 0.3 is 0 Å². The van der Waals surface area contributed by atoms with Gasteiger partial charge in [-0.05, 0) is 54.6 Å². The van der Waals surface area contributed by atoms with Crippen molar-refractivity contribution in [1.82, 2.24) is 0 Å². The normalized spacial score (nSPS) is 24.1. The fourth-order valence-corrected chi connectivity index (χ4v) is 3.90. The summed E-state index contributed by atoms with van der Waals surface area (Å²) in [5.74, 6) is 2.31. The number of halogens is 1. The fraction of sp³-hybridized carbons (Fsp3) is 0.667. The summed E-state index contributed by atoms with van der Waals surface area (Å²) in [7, 11) is 0. The zero-order chi connectivity index (χ0) is 13.2. The van der Waals surface area contributed by atoms with E-state index in [1.165, 1.54) is 56.1 Å². The average Bonchev–Trinajstić information content (AvgIpc) is 3.31. The summed E-state index contributed by atoms with van der Waals surface area (Å²) in [6.07, 6.45) is 9.75. The van der Waals surface area contributed by atoms with E-state index in [4.69, 9.17) is 11.6 Å². The lowest BCUT2D eigenvalue weighted by Crippen LogP contribution is -2.07. The zero-order valence-electron chi connectivity index (χ0n) is 11.9. The van der Waals surface area contributed by atoms with Crippen molar-refractivity contribution in [2.75, 3.05) is 0 Å². The van der Waals surface area contributed by atoms with Crippen molar-refractivity contribution >= 4 is 11.6 Å². The van der Waals surface area contributed by atoms with Crippen LogP contribution in [0.4, 0.5) is 0 Å². The molecular weight excluding hydrogens is 252 g/mol. The second-order valence-electron chi connectivity index (χ2n) is 6.60. The first-order valence-electron chi connectivity index (χ1n) is 7.99. The summed E-state index contributed by atoms with van der Waals surface area (Å²) < 4.78 is 0. The van der Waals surface area contributed by atoms with Gasteiger partial charge in [-0.3, -0.25) is 0 Å². The Labute approximate surface area is 122 Å². The lowest BCUT2D eigenvalue weighted by atomic mass is 9.83. The molecule has 0 bridgehead atoms. The van der Waals surface area contributed by atoms with Crippen molar-refractivity contribution in [3.05, 3.63) is 35.4 Å². The summed E-state index contributed by atoms with van der Waals surface area (Å²) >= 11 is 6.63. The minimum absolute atomic E-state index is 0.202. The topological polar surface area (TPSA) is 0 Å². The van der Waals surface area contributed by atoms with Crippen LogP contribution < -0.4 is 0 Å². The first-order chi connectivity index (χ1) is 9.25. The van der Waals surface area contributed by atoms with Crippen LogP contribution >= 0.6 is 11.6 Å². The molecule has 0 aliphatic heterocycles. The van der Waals surface area contributed by atoms with Crippen molar-refractivity contribution in [3.8, 4) is 0 Å². The van der Waals surface area contributed by atoms with Crippen LogP contribution in [0.3, 0.4) is 0 Å². The standard InChI is InChI=1S/C18H25Cl/c1-13(14-7-8-14)18(19)17-11-9-16(10-12-17)15-5-3-2-4-6-15/h9-15,18H,2-8H2,1H3. The van der Waals surface area contributed by atoms with E-state index in [1.807, 2.05) is 0 Å². The van der Waals surface area contributed by atoms with Gasteiger partial charge in [0.05, 0.1) is 5.38 Å². The van der Waals surface area contributed by atoms with E-state index in [0.29, 0.717) is 5.92 Å². The molecular formula is C18H25Cl. The third-order valence-corrected chi connectivity index (χ3v) is 5.81. The van der Waals surface area contributed by atoms with Gasteiger partial charge < -0.3 is 0 Å². The number of alkyl halides is 1. The minimum Gasteiger partial charge on any atom is -0.118 e. The molecule has 2 saturated carbocycles. The molecule has 2 unspecified atom stereocenters. The molecule has 1 heteroatoms. The molecule has 0 heterocycles. The van der Waals surface area contributed by atoms with Crippen molar-refractivity contribution in [3.63, 3.8) is 0 Å². The van der Waals surface area contributed by atoms with Crippen LogP contribution in [0.5, 0.6) is 0 Å². The molecule has 2 atom stereocenters. The molecule has 0 saturated heterocycles. The van der Waals surface area contributed by atoms with Crippen LogP contribution in [0.2, 0.25) is 0 Å². The molecule has 3 rings (SSSR count). The quantitative estimate of drug-likeness (QED) is 0.586. The highest BCUT2D eigenvalue weighted by molar-refractivity contribution is 6.21. The predicted molar refractivity (Wildman–Crippen MR) is 82.8 cm³/mol. The Morgan fingerprint density at radius 3 is 2.16 bits per heavy atom. The van der Waals surface area contributed by atoms with Gasteiger partial charge in [-0.2, -0.15) is 0 Å². The third kappa shape index (κ3) is 3.16. The summed E-state index contributed by atoms with van der Waals surface area (Å²) in [5.41, 5.74) is 2.85. The largest absolute Gasteiger partial charge is 0.118 e. The molecule has 19 heavy (non-hydrogen) atoms. The van der Waals surface area contributed by atoms with Gasteiger partial charge in [-0.1, -0.05) is 50.5 Å². The van der Waals surface area contributed by atoms with Crippen LogP contribution in [0, 0.1) is 11.8 Å². The summed E-state index contributed by atoms with van der Waals surface area (Å²) in [6.45, 7) is 2.31. The van der Waals surface area contributed by atoms with Crippen LogP contribution in [0.25, 0.3) is 0 Å². The maximum absolute atomic E-state index is 6.63. The van der Waals surface area contributed by atoms with Gasteiger partial charge in [0, 0.05) is 0 Å². The molecule has 2 aliphatic carbocycles. The summed E-state index contributed by atoms with van der Waals surface area (Å²) in [6, 6.07) is 9.22. The van der Waals surface area contributed by atoms with Crippen molar-refractivity contribution in [2.24, 2.45) is 11.8 Å². The molecule has 1 aromatic carbocycles. The molecule has 0 amide bonds. The van der Waals surface area contributed by atoms with Gasteiger partial charge in [0.25, 0.3) is 0 Å². The monoisotopic (exact) mass is 276 g/mol. The maximum atomic E-state index is 6.63. The Bertz CT molecular complexity index is 398. The molecule has 0 radical (unpaired) electrons. The predicted octanol–water partition coefficient (Wildman–Crippen LogP) is 6.06. The van der Waals surface area contributed by atoms with E-state index in [0.717, 1.165) is 11.8 Å². The van der Waals surface area contributed by atoms with Crippen LogP contribution in [-0.4, -0.2) is 0 Å². The fourth-order valence-electron chi connectivity index (χ4n) is 3.55. The summed E-state index contributed by atoms with van der Waals surface area (Å²) in [4.78, 5) is 0. The van der Waals surface area contributed by atoms with Gasteiger partial charge in [0.1, 0.15) is 0 Å². The number of benzene rings is 1. The molecule has 0 nitrogen and oxygen atoms in total. The molecule has 2 fully saturated rings. The lowest BCUT2D eigenvalue weighted by molar-refractivity contribution is 0.443. The Morgan fingerprint density at radius 1 is 0.947 bits per heavy atom. The number of hydrogen-bond donors (Lipinski definition) is 0. The molecule has 104 valence electrons. The van der Waals surface area contributed by atoms with E-state index in [-0.39, 0.29) is 5.38 Å². The maximum Gasteiger partial charge on any atom is 0.0613 e. The van der Waals surface area contributed by atoms with Crippen LogP contribution in [0.1, 0.15) is 74.3 Å². The van der Waals surface area contributed by atoms with Crippen LogP contribution in [0.15, 0.2) is 24.3 Å². The number of rotatable bonds is 4. The molecule has 0 spiro atoms. The van der Waals surface area contributed by atoms with Gasteiger partial charge in [0.15, 0.2) is 0 Å². The second-order valence-corrected chi connectivity index (χ2v) is 7.07. The van der Waals surface area contributed by atoms with E-state index in [9.17, 15) is 0 Å². The van der Waals surface area contributed by atoms with E-state index in [1.54, 1.807) is 0 Å². The van der Waals surface area contributed by atoms with Gasteiger partial charge in [-0.15, -0.1) is 11.6 Å². The van der Waals surface area contributed by atoms with Gasteiger partial charge in [0.2, 0.25) is 0 Å². The SMILES string of the molecule is CC(C1CC1)C(Cl)c1ccc(C2CCCCC2)cc1. The number of hydrogen-bond acceptors (Lipinski definition) is 0.